The molecule has 110 valence electrons. The molecule has 1 atom stereocenters. The zero-order chi connectivity index (χ0) is 15.7. The van der Waals surface area contributed by atoms with Crippen molar-refractivity contribution in [3.05, 3.63) is 61.5 Å². The zero-order valence-corrected chi connectivity index (χ0v) is 11.3. The van der Waals surface area contributed by atoms with E-state index in [9.17, 15) is 25.0 Å². The van der Waals surface area contributed by atoms with Gasteiger partial charge in [-0.25, -0.2) is 4.79 Å². The van der Waals surface area contributed by atoms with Crippen molar-refractivity contribution < 1.29 is 14.6 Å². The standard InChI is InChI=1S/C12H12N4O5/c1-7-11(16(20)21)10(13-12(17)14(7)2)8-5-3-4-6-9(8)15(18)19/h3-6,10H,1-2H3,(H,13,17)/t10-/m0/s1. The van der Waals surface area contributed by atoms with Gasteiger partial charge in [-0.2, -0.15) is 0 Å². The molecule has 1 aliphatic heterocycles. The van der Waals surface area contributed by atoms with E-state index in [1.165, 1.54) is 38.2 Å². The third-order valence-corrected chi connectivity index (χ3v) is 3.36. The van der Waals surface area contributed by atoms with Crippen LogP contribution in [0.15, 0.2) is 35.7 Å². The number of rotatable bonds is 3. The van der Waals surface area contributed by atoms with Crippen molar-refractivity contribution in [1.82, 2.24) is 10.2 Å². The van der Waals surface area contributed by atoms with Crippen LogP contribution in [0.3, 0.4) is 0 Å². The summed E-state index contributed by atoms with van der Waals surface area (Å²) in [5, 5.41) is 24.8. The number of carbonyl (C=O) groups excluding carboxylic acids is 1. The molecule has 0 spiro atoms. The van der Waals surface area contributed by atoms with Crippen molar-refractivity contribution in [3.8, 4) is 0 Å². The molecule has 1 heterocycles. The Morgan fingerprint density at radius 3 is 2.38 bits per heavy atom. The minimum atomic E-state index is -1.16. The lowest BCUT2D eigenvalue weighted by Gasteiger charge is -2.29. The maximum absolute atomic E-state index is 11.8. The maximum atomic E-state index is 11.8. The number of urea groups is 1. The van der Waals surface area contributed by atoms with Crippen LogP contribution in [-0.2, 0) is 0 Å². The van der Waals surface area contributed by atoms with Crippen LogP contribution in [0, 0.1) is 20.2 Å². The number of nitrogens with zero attached hydrogens (tertiary/aromatic N) is 3. The molecule has 9 nitrogen and oxygen atoms in total. The van der Waals surface area contributed by atoms with E-state index in [1.54, 1.807) is 0 Å². The number of nitrogens with one attached hydrogen (secondary N) is 1. The largest absolute Gasteiger partial charge is 0.322 e. The molecule has 0 saturated heterocycles. The maximum Gasteiger partial charge on any atom is 0.322 e. The number of allylic oxidation sites excluding steroid dienone is 1. The van der Waals surface area contributed by atoms with E-state index in [-0.39, 0.29) is 22.6 Å². The summed E-state index contributed by atoms with van der Waals surface area (Å²) in [6.07, 6.45) is 0. The number of benzene rings is 1. The van der Waals surface area contributed by atoms with Crippen molar-refractivity contribution in [2.24, 2.45) is 0 Å². The Bertz CT molecular complexity index is 669. The van der Waals surface area contributed by atoms with Gasteiger partial charge in [0.05, 0.1) is 21.1 Å². The van der Waals surface area contributed by atoms with E-state index >= 15 is 0 Å². The van der Waals surface area contributed by atoms with Gasteiger partial charge in [-0.1, -0.05) is 12.1 Å². The van der Waals surface area contributed by atoms with Crippen molar-refractivity contribution in [2.75, 3.05) is 7.05 Å². The van der Waals surface area contributed by atoms with Crippen LogP contribution in [0.5, 0.6) is 0 Å². The molecule has 0 radical (unpaired) electrons. The summed E-state index contributed by atoms with van der Waals surface area (Å²) < 4.78 is 0. The lowest BCUT2D eigenvalue weighted by molar-refractivity contribution is -0.434. The van der Waals surface area contributed by atoms with Gasteiger partial charge in [0.25, 0.3) is 11.4 Å². The van der Waals surface area contributed by atoms with Crippen molar-refractivity contribution >= 4 is 11.7 Å². The Kier molecular flexibility index (Phi) is 3.57. The Morgan fingerprint density at radius 1 is 1.19 bits per heavy atom. The third kappa shape index (κ3) is 2.40. The van der Waals surface area contributed by atoms with Crippen molar-refractivity contribution in [2.45, 2.75) is 13.0 Å². The fourth-order valence-electron chi connectivity index (χ4n) is 2.18. The summed E-state index contributed by atoms with van der Waals surface area (Å²) in [5.74, 6) is 0. The Balaban J connectivity index is 2.65. The van der Waals surface area contributed by atoms with Gasteiger partial charge >= 0.3 is 6.03 Å². The normalized spacial score (nSPS) is 18.5. The Hall–Kier alpha value is -2.97. The second-order valence-corrected chi connectivity index (χ2v) is 4.49. The van der Waals surface area contributed by atoms with Crippen LogP contribution in [0.4, 0.5) is 10.5 Å². The van der Waals surface area contributed by atoms with Gasteiger partial charge in [-0.15, -0.1) is 0 Å². The number of hydrogen-bond acceptors (Lipinski definition) is 5. The molecule has 1 aromatic rings. The third-order valence-electron chi connectivity index (χ3n) is 3.36. The van der Waals surface area contributed by atoms with Gasteiger partial charge in [0.2, 0.25) is 0 Å². The van der Waals surface area contributed by atoms with Crippen molar-refractivity contribution in [1.29, 1.82) is 0 Å². The summed E-state index contributed by atoms with van der Waals surface area (Å²) in [6, 6.07) is 3.91. The van der Waals surface area contributed by atoms with Crippen LogP contribution >= 0.6 is 0 Å². The van der Waals surface area contributed by atoms with Crippen LogP contribution in [0.1, 0.15) is 18.5 Å². The first-order valence-electron chi connectivity index (χ1n) is 5.97. The first-order valence-corrected chi connectivity index (χ1v) is 5.97. The molecule has 2 amide bonds. The Labute approximate surface area is 119 Å². The summed E-state index contributed by atoms with van der Waals surface area (Å²) in [4.78, 5) is 34.0. The molecule has 21 heavy (non-hydrogen) atoms. The van der Waals surface area contributed by atoms with E-state index < -0.39 is 21.9 Å². The minimum absolute atomic E-state index is 0.0787. The SMILES string of the molecule is CC1=C([N+](=O)[O-])[C@H](c2ccccc2[N+](=O)[O-])NC(=O)N1C. The van der Waals surface area contributed by atoms with Crippen LogP contribution < -0.4 is 5.32 Å². The summed E-state index contributed by atoms with van der Waals surface area (Å²) in [7, 11) is 1.39. The second kappa shape index (κ2) is 5.19. The molecular formula is C12H12N4O5. The molecule has 0 aliphatic carbocycles. The smallest absolute Gasteiger partial charge is 0.320 e. The van der Waals surface area contributed by atoms with Gasteiger partial charge in [0.1, 0.15) is 0 Å². The topological polar surface area (TPSA) is 119 Å². The molecule has 0 saturated carbocycles. The van der Waals surface area contributed by atoms with E-state index in [0.29, 0.717) is 0 Å². The van der Waals surface area contributed by atoms with Crippen LogP contribution in [-0.4, -0.2) is 27.8 Å². The van der Waals surface area contributed by atoms with Gasteiger partial charge < -0.3 is 5.32 Å². The first kappa shape index (κ1) is 14.4. The summed E-state index contributed by atoms with van der Waals surface area (Å²) in [5.41, 5.74) is -0.340. The summed E-state index contributed by atoms with van der Waals surface area (Å²) >= 11 is 0. The quantitative estimate of drug-likeness (QED) is 0.673. The van der Waals surface area contributed by atoms with Crippen molar-refractivity contribution in [3.63, 3.8) is 0 Å². The predicted molar refractivity (Wildman–Crippen MR) is 71.8 cm³/mol. The van der Waals surface area contributed by atoms with Gasteiger partial charge in [0.15, 0.2) is 6.04 Å². The van der Waals surface area contributed by atoms with Gasteiger partial charge in [0, 0.05) is 13.1 Å². The van der Waals surface area contributed by atoms with E-state index in [0.717, 1.165) is 4.90 Å². The molecule has 0 aromatic heterocycles. The average molecular weight is 292 g/mol. The molecule has 0 unspecified atom stereocenters. The monoisotopic (exact) mass is 292 g/mol. The fraction of sp³-hybridized carbons (Fsp3) is 0.250. The number of carbonyl (C=O) groups is 1. The van der Waals surface area contributed by atoms with E-state index in [1.807, 2.05) is 0 Å². The molecule has 0 bridgehead atoms. The number of nitro benzene ring substituents is 1. The molecule has 0 fully saturated rings. The Morgan fingerprint density at radius 2 is 1.81 bits per heavy atom. The number of hydrogen-bond donors (Lipinski definition) is 1. The fourth-order valence-corrected chi connectivity index (χ4v) is 2.18. The highest BCUT2D eigenvalue weighted by Gasteiger charge is 2.40. The highest BCUT2D eigenvalue weighted by molar-refractivity contribution is 5.78. The lowest BCUT2D eigenvalue weighted by atomic mass is 9.99. The highest BCUT2D eigenvalue weighted by atomic mass is 16.6. The number of amides is 2. The zero-order valence-electron chi connectivity index (χ0n) is 11.3. The lowest BCUT2D eigenvalue weighted by Crippen LogP contribution is -2.46. The average Bonchev–Trinajstić information content (AvgIpc) is 2.43. The van der Waals surface area contributed by atoms with Crippen LogP contribution in [0.2, 0.25) is 0 Å². The van der Waals surface area contributed by atoms with Crippen LogP contribution in [0.25, 0.3) is 0 Å². The second-order valence-electron chi connectivity index (χ2n) is 4.49. The predicted octanol–water partition coefficient (Wildman–Crippen LogP) is 1.80. The minimum Gasteiger partial charge on any atom is -0.320 e. The molecule has 1 aliphatic rings. The molecule has 1 N–H and O–H groups in total. The summed E-state index contributed by atoms with van der Waals surface area (Å²) in [6.45, 7) is 1.43. The van der Waals surface area contributed by atoms with E-state index in [4.69, 9.17) is 0 Å². The molecule has 1 aromatic carbocycles. The van der Waals surface area contributed by atoms with Gasteiger partial charge in [-0.05, 0) is 13.0 Å². The number of para-hydroxylation sites is 1. The number of nitro groups is 2. The van der Waals surface area contributed by atoms with Gasteiger partial charge in [-0.3, -0.25) is 25.1 Å². The first-order chi connectivity index (χ1) is 9.84. The van der Waals surface area contributed by atoms with E-state index in [2.05, 4.69) is 5.32 Å². The highest BCUT2D eigenvalue weighted by Crippen LogP contribution is 2.34. The molecule has 9 heteroatoms. The molecular weight excluding hydrogens is 280 g/mol. The molecule has 2 rings (SSSR count).